The van der Waals surface area contributed by atoms with E-state index in [4.69, 9.17) is 15.2 Å². The number of aryl methyl sites for hydroxylation is 1. The molecule has 0 saturated heterocycles. The maximum absolute atomic E-state index is 5.76. The molecular weight excluding hydrogens is 228 g/mol. The third-order valence-corrected chi connectivity index (χ3v) is 2.49. The Morgan fingerprint density at radius 2 is 2.11 bits per heavy atom. The summed E-state index contributed by atoms with van der Waals surface area (Å²) in [6, 6.07) is 9.14. The number of hydrogen-bond acceptors (Lipinski definition) is 4. The summed E-state index contributed by atoms with van der Waals surface area (Å²) in [5.74, 6) is 1.79. The maximum Gasteiger partial charge on any atom is 0.262 e. The van der Waals surface area contributed by atoms with Gasteiger partial charge in [0.15, 0.2) is 5.75 Å². The Labute approximate surface area is 106 Å². The molecule has 2 aromatic rings. The van der Waals surface area contributed by atoms with Crippen LogP contribution >= 0.6 is 0 Å². The fourth-order valence-electron chi connectivity index (χ4n) is 1.54. The Balaban J connectivity index is 2.25. The molecule has 0 fully saturated rings. The van der Waals surface area contributed by atoms with Crippen molar-refractivity contribution >= 4 is 5.69 Å². The summed E-state index contributed by atoms with van der Waals surface area (Å²) in [6.07, 6.45) is 1.67. The summed E-state index contributed by atoms with van der Waals surface area (Å²) in [7, 11) is 0. The van der Waals surface area contributed by atoms with Crippen molar-refractivity contribution in [2.24, 2.45) is 0 Å². The van der Waals surface area contributed by atoms with E-state index < -0.39 is 0 Å². The minimum Gasteiger partial charge on any atom is -0.488 e. The number of hydrogen-bond donors (Lipinski definition) is 1. The molecule has 0 atom stereocenters. The van der Waals surface area contributed by atoms with Gasteiger partial charge in [0.05, 0.1) is 6.61 Å². The fraction of sp³-hybridized carbons (Fsp3) is 0.214. The largest absolute Gasteiger partial charge is 0.488 e. The van der Waals surface area contributed by atoms with E-state index >= 15 is 0 Å². The summed E-state index contributed by atoms with van der Waals surface area (Å²) in [5.41, 5.74) is 7.48. The molecule has 0 radical (unpaired) electrons. The molecule has 1 aromatic heterocycles. The topological polar surface area (TPSA) is 57.4 Å². The molecule has 1 heterocycles. The first kappa shape index (κ1) is 12.2. The third-order valence-electron chi connectivity index (χ3n) is 2.49. The summed E-state index contributed by atoms with van der Waals surface area (Å²) in [6.45, 7) is 4.43. The van der Waals surface area contributed by atoms with Gasteiger partial charge in [-0.3, -0.25) is 0 Å². The number of nitrogens with two attached hydrogens (primary N) is 1. The van der Waals surface area contributed by atoms with E-state index in [0.717, 1.165) is 11.3 Å². The molecule has 94 valence electrons. The molecule has 0 amide bonds. The van der Waals surface area contributed by atoms with Gasteiger partial charge in [-0.1, -0.05) is 0 Å². The highest BCUT2D eigenvalue weighted by molar-refractivity contribution is 5.50. The standard InChI is InChI=1S/C14H16N2O2/c1-3-17-13-5-4-8-16-14(13)18-11-6-7-12(15)10(2)9-11/h4-9H,3,15H2,1-2H3. The van der Waals surface area contributed by atoms with Gasteiger partial charge < -0.3 is 15.2 Å². The summed E-state index contributed by atoms with van der Waals surface area (Å²) >= 11 is 0. The van der Waals surface area contributed by atoms with Crippen molar-refractivity contribution in [3.63, 3.8) is 0 Å². The van der Waals surface area contributed by atoms with Gasteiger partial charge in [-0.05, 0) is 49.7 Å². The van der Waals surface area contributed by atoms with Crippen molar-refractivity contribution in [1.29, 1.82) is 0 Å². The van der Waals surface area contributed by atoms with E-state index in [2.05, 4.69) is 4.98 Å². The van der Waals surface area contributed by atoms with Crippen molar-refractivity contribution in [3.05, 3.63) is 42.1 Å². The molecule has 0 aliphatic rings. The highest BCUT2D eigenvalue weighted by Gasteiger charge is 2.07. The number of pyridine rings is 1. The van der Waals surface area contributed by atoms with Crippen LogP contribution in [0.3, 0.4) is 0 Å². The Morgan fingerprint density at radius 3 is 2.83 bits per heavy atom. The van der Waals surface area contributed by atoms with Crippen molar-refractivity contribution in [3.8, 4) is 17.4 Å². The van der Waals surface area contributed by atoms with E-state index in [1.165, 1.54) is 0 Å². The highest BCUT2D eigenvalue weighted by Crippen LogP contribution is 2.30. The van der Waals surface area contributed by atoms with Crippen LogP contribution in [0.5, 0.6) is 17.4 Å². The van der Waals surface area contributed by atoms with Gasteiger partial charge in [0.25, 0.3) is 5.88 Å². The highest BCUT2D eigenvalue weighted by atomic mass is 16.5. The average molecular weight is 244 g/mol. The zero-order valence-corrected chi connectivity index (χ0v) is 10.5. The van der Waals surface area contributed by atoms with Crippen molar-refractivity contribution < 1.29 is 9.47 Å². The number of aromatic nitrogens is 1. The predicted octanol–water partition coefficient (Wildman–Crippen LogP) is 3.16. The van der Waals surface area contributed by atoms with Gasteiger partial charge in [0, 0.05) is 11.9 Å². The van der Waals surface area contributed by atoms with E-state index in [1.807, 2.05) is 44.2 Å². The van der Waals surface area contributed by atoms with Crippen LogP contribution in [0, 0.1) is 6.92 Å². The van der Waals surface area contributed by atoms with Crippen LogP contribution in [0.25, 0.3) is 0 Å². The molecule has 1 aromatic carbocycles. The van der Waals surface area contributed by atoms with Gasteiger partial charge in [0.2, 0.25) is 0 Å². The lowest BCUT2D eigenvalue weighted by Crippen LogP contribution is -1.97. The number of rotatable bonds is 4. The quantitative estimate of drug-likeness (QED) is 0.839. The van der Waals surface area contributed by atoms with Crippen LogP contribution in [0.15, 0.2) is 36.5 Å². The minimum atomic E-state index is 0.462. The van der Waals surface area contributed by atoms with Crippen LogP contribution in [0.2, 0.25) is 0 Å². The van der Waals surface area contributed by atoms with Crippen LogP contribution < -0.4 is 15.2 Å². The predicted molar refractivity (Wildman–Crippen MR) is 71.1 cm³/mol. The Morgan fingerprint density at radius 1 is 1.28 bits per heavy atom. The number of anilines is 1. The zero-order valence-electron chi connectivity index (χ0n) is 10.5. The number of benzene rings is 1. The maximum atomic E-state index is 5.76. The van der Waals surface area contributed by atoms with Crippen molar-refractivity contribution in [1.82, 2.24) is 4.98 Å². The molecule has 0 bridgehead atoms. The molecule has 0 spiro atoms. The van der Waals surface area contributed by atoms with E-state index in [9.17, 15) is 0 Å². The van der Waals surface area contributed by atoms with Gasteiger partial charge in [-0.25, -0.2) is 4.98 Å². The van der Waals surface area contributed by atoms with Crippen LogP contribution in [-0.4, -0.2) is 11.6 Å². The lowest BCUT2D eigenvalue weighted by atomic mass is 10.2. The lowest BCUT2D eigenvalue weighted by Gasteiger charge is -2.10. The molecule has 4 nitrogen and oxygen atoms in total. The first-order chi connectivity index (χ1) is 8.70. The second-order valence-corrected chi connectivity index (χ2v) is 3.86. The molecule has 4 heteroatoms. The van der Waals surface area contributed by atoms with Gasteiger partial charge in [0.1, 0.15) is 5.75 Å². The second-order valence-electron chi connectivity index (χ2n) is 3.86. The van der Waals surface area contributed by atoms with Crippen LogP contribution in [0.4, 0.5) is 5.69 Å². The molecular formula is C14H16N2O2. The normalized spacial score (nSPS) is 10.1. The first-order valence-electron chi connectivity index (χ1n) is 5.82. The van der Waals surface area contributed by atoms with Gasteiger partial charge >= 0.3 is 0 Å². The van der Waals surface area contributed by atoms with Crippen LogP contribution in [0.1, 0.15) is 12.5 Å². The summed E-state index contributed by atoms with van der Waals surface area (Å²) in [4.78, 5) is 4.17. The first-order valence-corrected chi connectivity index (χ1v) is 5.82. The Bertz CT molecular complexity index is 541. The lowest BCUT2D eigenvalue weighted by molar-refractivity contribution is 0.316. The number of nitrogen functional groups attached to an aromatic ring is 1. The van der Waals surface area contributed by atoms with Gasteiger partial charge in [-0.2, -0.15) is 0 Å². The minimum absolute atomic E-state index is 0.462. The number of ether oxygens (including phenoxy) is 2. The molecule has 2 N–H and O–H groups in total. The monoisotopic (exact) mass is 244 g/mol. The third kappa shape index (κ3) is 2.71. The average Bonchev–Trinajstić information content (AvgIpc) is 2.37. The Kier molecular flexibility index (Phi) is 3.67. The van der Waals surface area contributed by atoms with Crippen molar-refractivity contribution in [2.75, 3.05) is 12.3 Å². The molecule has 18 heavy (non-hydrogen) atoms. The zero-order chi connectivity index (χ0) is 13.0. The SMILES string of the molecule is CCOc1cccnc1Oc1ccc(N)c(C)c1. The van der Waals surface area contributed by atoms with Crippen LogP contribution in [-0.2, 0) is 0 Å². The molecule has 0 aliphatic heterocycles. The van der Waals surface area contributed by atoms with Crippen molar-refractivity contribution in [2.45, 2.75) is 13.8 Å². The van der Waals surface area contributed by atoms with E-state index in [1.54, 1.807) is 6.20 Å². The Hall–Kier alpha value is -2.23. The van der Waals surface area contributed by atoms with Gasteiger partial charge in [-0.15, -0.1) is 0 Å². The number of nitrogens with zero attached hydrogens (tertiary/aromatic N) is 1. The van der Waals surface area contributed by atoms with E-state index in [0.29, 0.717) is 24.0 Å². The second kappa shape index (κ2) is 5.40. The molecule has 0 aliphatic carbocycles. The fourth-order valence-corrected chi connectivity index (χ4v) is 1.54. The van der Waals surface area contributed by atoms with E-state index in [-0.39, 0.29) is 0 Å². The molecule has 0 saturated carbocycles. The summed E-state index contributed by atoms with van der Waals surface area (Å²) < 4.78 is 11.2. The summed E-state index contributed by atoms with van der Waals surface area (Å²) in [5, 5.41) is 0. The molecule has 2 rings (SSSR count). The smallest absolute Gasteiger partial charge is 0.262 e. The molecule has 0 unspecified atom stereocenters.